The second-order valence-electron chi connectivity index (χ2n) is 5.52. The fourth-order valence-electron chi connectivity index (χ4n) is 3.03. The van der Waals surface area contributed by atoms with E-state index in [4.69, 9.17) is 4.74 Å². The highest BCUT2D eigenvalue weighted by Crippen LogP contribution is 2.29. The van der Waals surface area contributed by atoms with Crippen LogP contribution in [-0.4, -0.2) is 19.0 Å². The molecule has 1 aromatic carbocycles. The van der Waals surface area contributed by atoms with Gasteiger partial charge in [0.2, 0.25) is 0 Å². The fourth-order valence-corrected chi connectivity index (χ4v) is 3.40. The molecular formula is C16H19BrF2O2. The molecule has 5 heteroatoms. The van der Waals surface area contributed by atoms with Gasteiger partial charge in [0.05, 0.1) is 4.47 Å². The van der Waals surface area contributed by atoms with Gasteiger partial charge in [-0.1, -0.05) is 19.3 Å². The lowest BCUT2D eigenvalue weighted by Crippen LogP contribution is -2.34. The van der Waals surface area contributed by atoms with Crippen LogP contribution < -0.4 is 0 Å². The Hall–Kier alpha value is -0.810. The zero-order chi connectivity index (χ0) is 15.4. The third-order valence-electron chi connectivity index (χ3n) is 4.14. The van der Waals surface area contributed by atoms with Crippen molar-refractivity contribution >= 4 is 21.7 Å². The minimum absolute atomic E-state index is 0.162. The Labute approximate surface area is 132 Å². The Morgan fingerprint density at radius 1 is 1.33 bits per heavy atom. The molecule has 1 aliphatic carbocycles. The Kier molecular flexibility index (Phi) is 5.88. The van der Waals surface area contributed by atoms with Crippen molar-refractivity contribution in [2.45, 2.75) is 44.6 Å². The van der Waals surface area contributed by atoms with Crippen LogP contribution in [0.5, 0.6) is 0 Å². The van der Waals surface area contributed by atoms with Crippen molar-refractivity contribution in [1.82, 2.24) is 0 Å². The molecule has 1 atom stereocenters. The van der Waals surface area contributed by atoms with Gasteiger partial charge in [0.15, 0.2) is 5.78 Å². The van der Waals surface area contributed by atoms with E-state index in [0.717, 1.165) is 31.7 Å². The average Bonchev–Trinajstić information content (AvgIpc) is 2.49. The molecule has 0 bridgehead atoms. The number of rotatable bonds is 5. The SMILES string of the molecule is COC(C(=O)Cc1c(F)ccc(Br)c1F)C1CCCCC1. The average molecular weight is 361 g/mol. The van der Waals surface area contributed by atoms with Crippen LogP contribution in [0.4, 0.5) is 8.78 Å². The third-order valence-corrected chi connectivity index (χ3v) is 4.75. The molecule has 1 fully saturated rings. The van der Waals surface area contributed by atoms with Crippen LogP contribution in [0, 0.1) is 17.6 Å². The van der Waals surface area contributed by atoms with Gasteiger partial charge in [-0.3, -0.25) is 4.79 Å². The molecule has 1 aromatic rings. The molecule has 1 unspecified atom stereocenters. The highest BCUT2D eigenvalue weighted by molar-refractivity contribution is 9.10. The number of carbonyl (C=O) groups excluding carboxylic acids is 1. The first-order valence-electron chi connectivity index (χ1n) is 7.22. The number of ketones is 1. The minimum atomic E-state index is -0.707. The first-order chi connectivity index (χ1) is 10.0. The summed E-state index contributed by atoms with van der Waals surface area (Å²) in [6.07, 6.45) is 4.38. The maximum Gasteiger partial charge on any atom is 0.166 e. The van der Waals surface area contributed by atoms with Gasteiger partial charge in [-0.25, -0.2) is 8.78 Å². The van der Waals surface area contributed by atoms with Crippen LogP contribution in [0.3, 0.4) is 0 Å². The summed E-state index contributed by atoms with van der Waals surface area (Å²) in [6, 6.07) is 2.46. The largest absolute Gasteiger partial charge is 0.373 e. The van der Waals surface area contributed by atoms with Crippen LogP contribution in [-0.2, 0) is 16.0 Å². The molecule has 1 aliphatic rings. The number of benzene rings is 1. The molecular weight excluding hydrogens is 342 g/mol. The lowest BCUT2D eigenvalue weighted by atomic mass is 9.82. The van der Waals surface area contributed by atoms with Crippen molar-refractivity contribution in [3.8, 4) is 0 Å². The number of carbonyl (C=O) groups is 1. The molecule has 0 aliphatic heterocycles. The van der Waals surface area contributed by atoms with Gasteiger partial charge >= 0.3 is 0 Å². The highest BCUT2D eigenvalue weighted by Gasteiger charge is 2.30. The zero-order valence-electron chi connectivity index (χ0n) is 12.0. The summed E-state index contributed by atoms with van der Waals surface area (Å²) >= 11 is 3.02. The maximum atomic E-state index is 14.0. The molecule has 0 spiro atoms. The lowest BCUT2D eigenvalue weighted by molar-refractivity contribution is -0.132. The van der Waals surface area contributed by atoms with Crippen molar-refractivity contribution < 1.29 is 18.3 Å². The van der Waals surface area contributed by atoms with Gasteiger partial charge in [0.25, 0.3) is 0 Å². The number of hydrogen-bond acceptors (Lipinski definition) is 2. The maximum absolute atomic E-state index is 14.0. The Balaban J connectivity index is 2.14. The molecule has 0 amide bonds. The molecule has 2 rings (SSSR count). The van der Waals surface area contributed by atoms with E-state index >= 15 is 0 Å². The summed E-state index contributed by atoms with van der Waals surface area (Å²) in [5.41, 5.74) is -0.188. The molecule has 0 aromatic heterocycles. The van der Waals surface area contributed by atoms with Crippen molar-refractivity contribution in [1.29, 1.82) is 0 Å². The predicted octanol–water partition coefficient (Wildman–Crippen LogP) is 4.43. The van der Waals surface area contributed by atoms with Crippen molar-refractivity contribution in [3.63, 3.8) is 0 Å². The lowest BCUT2D eigenvalue weighted by Gasteiger charge is -2.28. The van der Waals surface area contributed by atoms with Gasteiger partial charge in [-0.2, -0.15) is 0 Å². The Bertz CT molecular complexity index is 513. The highest BCUT2D eigenvalue weighted by atomic mass is 79.9. The van der Waals surface area contributed by atoms with E-state index in [1.807, 2.05) is 0 Å². The van der Waals surface area contributed by atoms with E-state index < -0.39 is 17.7 Å². The Morgan fingerprint density at radius 3 is 2.62 bits per heavy atom. The first-order valence-corrected chi connectivity index (χ1v) is 8.01. The van der Waals surface area contributed by atoms with Crippen molar-refractivity contribution in [2.24, 2.45) is 5.92 Å². The molecule has 116 valence electrons. The van der Waals surface area contributed by atoms with Crippen LogP contribution in [0.2, 0.25) is 0 Å². The molecule has 0 N–H and O–H groups in total. The van der Waals surface area contributed by atoms with Crippen LogP contribution >= 0.6 is 15.9 Å². The second-order valence-corrected chi connectivity index (χ2v) is 6.37. The van der Waals surface area contributed by atoms with Crippen LogP contribution in [0.25, 0.3) is 0 Å². The molecule has 0 radical (unpaired) electrons. The number of methoxy groups -OCH3 is 1. The van der Waals surface area contributed by atoms with E-state index in [0.29, 0.717) is 0 Å². The quantitative estimate of drug-likeness (QED) is 0.725. The van der Waals surface area contributed by atoms with E-state index in [9.17, 15) is 13.6 Å². The molecule has 0 heterocycles. The van der Waals surface area contributed by atoms with Crippen LogP contribution in [0.15, 0.2) is 16.6 Å². The van der Waals surface area contributed by atoms with E-state index in [1.165, 1.54) is 19.6 Å². The van der Waals surface area contributed by atoms with Gasteiger partial charge in [-0.15, -0.1) is 0 Å². The van der Waals surface area contributed by atoms with Gasteiger partial charge in [-0.05, 0) is 46.8 Å². The smallest absolute Gasteiger partial charge is 0.166 e. The number of Topliss-reactive ketones (excluding diaryl/α,β-unsaturated/α-hetero) is 1. The van der Waals surface area contributed by atoms with E-state index in [1.54, 1.807) is 0 Å². The number of ether oxygens (including phenoxy) is 1. The van der Waals surface area contributed by atoms with E-state index in [-0.39, 0.29) is 28.2 Å². The normalized spacial score (nSPS) is 17.7. The second kappa shape index (κ2) is 7.45. The molecule has 2 nitrogen and oxygen atoms in total. The summed E-state index contributed by atoms with van der Waals surface area (Å²) in [5, 5.41) is 0. The summed E-state index contributed by atoms with van der Waals surface area (Å²) in [6.45, 7) is 0. The molecule has 1 saturated carbocycles. The molecule has 0 saturated heterocycles. The van der Waals surface area contributed by atoms with Gasteiger partial charge < -0.3 is 4.74 Å². The fraction of sp³-hybridized carbons (Fsp3) is 0.562. The standard InChI is InChI=1S/C16H19BrF2O2/c1-21-16(10-5-3-2-4-6-10)14(20)9-11-13(18)8-7-12(17)15(11)19/h7-8,10,16H,2-6,9H2,1H3. The third kappa shape index (κ3) is 3.89. The summed E-state index contributed by atoms with van der Waals surface area (Å²) in [5.74, 6) is -1.49. The topological polar surface area (TPSA) is 26.3 Å². The van der Waals surface area contributed by atoms with Crippen LogP contribution in [0.1, 0.15) is 37.7 Å². The minimum Gasteiger partial charge on any atom is -0.373 e. The van der Waals surface area contributed by atoms with Crippen molar-refractivity contribution in [2.75, 3.05) is 7.11 Å². The van der Waals surface area contributed by atoms with E-state index in [2.05, 4.69) is 15.9 Å². The summed E-state index contributed by atoms with van der Waals surface area (Å²) < 4.78 is 33.2. The Morgan fingerprint density at radius 2 is 2.00 bits per heavy atom. The number of halogens is 3. The predicted molar refractivity (Wildman–Crippen MR) is 80.1 cm³/mol. The van der Waals surface area contributed by atoms with Gasteiger partial charge in [0.1, 0.15) is 17.7 Å². The summed E-state index contributed by atoms with van der Waals surface area (Å²) in [7, 11) is 1.49. The first kappa shape index (κ1) is 16.6. The monoisotopic (exact) mass is 360 g/mol. The number of hydrogen-bond donors (Lipinski definition) is 0. The molecule has 21 heavy (non-hydrogen) atoms. The summed E-state index contributed by atoms with van der Waals surface area (Å²) in [4.78, 5) is 12.4. The van der Waals surface area contributed by atoms with Gasteiger partial charge in [0, 0.05) is 19.1 Å². The zero-order valence-corrected chi connectivity index (χ0v) is 13.6. The van der Waals surface area contributed by atoms with Crippen molar-refractivity contribution in [3.05, 3.63) is 33.8 Å².